The molecule has 0 aliphatic rings. The average molecular weight is 315 g/mol. The maximum atomic E-state index is 13.9. The molecule has 1 N–H and O–H groups in total. The Kier molecular flexibility index (Phi) is 6.35. The molecule has 120 valence electrons. The number of hydrogen-bond acceptors (Lipinski definition) is 3. The Morgan fingerprint density at radius 3 is 2.38 bits per heavy atom. The third-order valence-corrected chi connectivity index (χ3v) is 6.29. The van der Waals surface area contributed by atoms with Crippen LogP contribution in [0.5, 0.6) is 0 Å². The minimum Gasteiger partial charge on any atom is -0.316 e. The molecular weight excluding hydrogens is 289 g/mol. The highest BCUT2D eigenvalue weighted by molar-refractivity contribution is 7.92. The molecule has 5 heteroatoms. The Hall–Kier alpha value is -0.940. The molecule has 1 unspecified atom stereocenters. The number of nitrogens with one attached hydrogen (secondary N) is 1. The summed E-state index contributed by atoms with van der Waals surface area (Å²) in [5.74, 6) is -0.335. The first-order chi connectivity index (χ1) is 9.69. The molecule has 0 radical (unpaired) electrons. The molecule has 0 spiro atoms. The number of halogens is 1. The smallest absolute Gasteiger partial charge is 0.155 e. The van der Waals surface area contributed by atoms with Crippen molar-refractivity contribution in [2.24, 2.45) is 0 Å². The lowest BCUT2D eigenvalue weighted by Crippen LogP contribution is -2.32. The molecule has 1 atom stereocenters. The number of likely N-dealkylation sites (N-methyl/N-ethyl adjacent to an activating group) is 1. The zero-order valence-electron chi connectivity index (χ0n) is 13.3. The predicted octanol–water partition coefficient (Wildman–Crippen LogP) is 3.12. The number of hydrogen-bond donors (Lipinski definition) is 1. The summed E-state index contributed by atoms with van der Waals surface area (Å²) < 4.78 is 37.6. The first-order valence-electron chi connectivity index (χ1n) is 7.36. The maximum absolute atomic E-state index is 13.9. The lowest BCUT2D eigenvalue weighted by molar-refractivity contribution is 0.523. The van der Waals surface area contributed by atoms with E-state index in [1.54, 1.807) is 39.0 Å². The molecule has 1 aromatic carbocycles. The van der Waals surface area contributed by atoms with Crippen molar-refractivity contribution >= 4 is 9.84 Å². The van der Waals surface area contributed by atoms with Crippen molar-refractivity contribution in [3.63, 3.8) is 0 Å². The van der Waals surface area contributed by atoms with Gasteiger partial charge in [0.1, 0.15) is 5.82 Å². The second-order valence-corrected chi connectivity index (χ2v) is 9.11. The van der Waals surface area contributed by atoms with Crippen LogP contribution >= 0.6 is 0 Å². The van der Waals surface area contributed by atoms with Crippen LogP contribution in [0, 0.1) is 5.82 Å². The van der Waals surface area contributed by atoms with Gasteiger partial charge in [0.2, 0.25) is 0 Å². The summed E-state index contributed by atoms with van der Waals surface area (Å²) in [4.78, 5) is 0. The Bertz CT molecular complexity index is 550. The van der Waals surface area contributed by atoms with Crippen molar-refractivity contribution in [1.82, 2.24) is 5.32 Å². The number of benzene rings is 1. The molecule has 3 nitrogen and oxygen atoms in total. The van der Waals surface area contributed by atoms with Crippen molar-refractivity contribution in [2.75, 3.05) is 18.8 Å². The van der Waals surface area contributed by atoms with Gasteiger partial charge in [-0.05, 0) is 45.4 Å². The molecular formula is C16H26FNO2S. The summed E-state index contributed by atoms with van der Waals surface area (Å²) in [7, 11) is -3.19. The van der Waals surface area contributed by atoms with Crippen LogP contribution in [-0.2, 0) is 9.84 Å². The third-order valence-electron chi connectivity index (χ3n) is 3.65. The van der Waals surface area contributed by atoms with Gasteiger partial charge in [-0.2, -0.15) is 0 Å². The summed E-state index contributed by atoms with van der Waals surface area (Å²) in [6.07, 6.45) is 0.424. The van der Waals surface area contributed by atoms with E-state index in [1.807, 2.05) is 6.92 Å². The van der Waals surface area contributed by atoms with E-state index < -0.39 is 14.6 Å². The monoisotopic (exact) mass is 315 g/mol. The fourth-order valence-corrected chi connectivity index (χ4v) is 3.30. The van der Waals surface area contributed by atoms with Crippen LogP contribution in [0.3, 0.4) is 0 Å². The highest BCUT2D eigenvalue weighted by Gasteiger charge is 2.30. The SMILES string of the molecule is CCNCC(CCS(=O)(=O)C(C)(C)C)c1ccccc1F. The van der Waals surface area contributed by atoms with Crippen LogP contribution in [-0.4, -0.2) is 32.0 Å². The van der Waals surface area contributed by atoms with Crippen LogP contribution in [0.15, 0.2) is 24.3 Å². The molecule has 0 saturated heterocycles. The highest BCUT2D eigenvalue weighted by atomic mass is 32.2. The van der Waals surface area contributed by atoms with E-state index in [0.717, 1.165) is 6.54 Å². The number of rotatable bonds is 7. The predicted molar refractivity (Wildman–Crippen MR) is 85.8 cm³/mol. The second-order valence-electron chi connectivity index (χ2n) is 6.25. The molecule has 0 aliphatic heterocycles. The van der Waals surface area contributed by atoms with Gasteiger partial charge < -0.3 is 5.32 Å². The first kappa shape index (κ1) is 18.1. The van der Waals surface area contributed by atoms with Crippen molar-refractivity contribution in [2.45, 2.75) is 44.8 Å². The summed E-state index contributed by atoms with van der Waals surface area (Å²) >= 11 is 0. The average Bonchev–Trinajstić information content (AvgIpc) is 2.39. The number of sulfone groups is 1. The third kappa shape index (κ3) is 5.08. The van der Waals surface area contributed by atoms with Crippen molar-refractivity contribution in [1.29, 1.82) is 0 Å². The largest absolute Gasteiger partial charge is 0.316 e. The van der Waals surface area contributed by atoms with E-state index in [1.165, 1.54) is 6.07 Å². The quantitative estimate of drug-likeness (QED) is 0.841. The molecule has 0 saturated carbocycles. The zero-order chi connectivity index (χ0) is 16.1. The van der Waals surface area contributed by atoms with Gasteiger partial charge in [0.15, 0.2) is 9.84 Å². The van der Waals surface area contributed by atoms with Gasteiger partial charge in [0.05, 0.1) is 10.5 Å². The van der Waals surface area contributed by atoms with Gasteiger partial charge in [-0.3, -0.25) is 0 Å². The minimum absolute atomic E-state index is 0.0703. The standard InChI is InChI=1S/C16H26FNO2S/c1-5-18-12-13(14-8-6-7-9-15(14)17)10-11-21(19,20)16(2,3)4/h6-9,13,18H,5,10-12H2,1-4H3. The summed E-state index contributed by atoms with van der Waals surface area (Å²) in [5.41, 5.74) is 0.586. The van der Waals surface area contributed by atoms with E-state index in [-0.39, 0.29) is 17.5 Å². The molecule has 21 heavy (non-hydrogen) atoms. The summed E-state index contributed by atoms with van der Waals surface area (Å²) in [5, 5.41) is 3.19. The molecule has 0 bridgehead atoms. The normalized spacial score (nSPS) is 14.1. The lowest BCUT2D eigenvalue weighted by Gasteiger charge is -2.23. The molecule has 1 aromatic rings. The van der Waals surface area contributed by atoms with Gasteiger partial charge in [-0.1, -0.05) is 25.1 Å². The van der Waals surface area contributed by atoms with E-state index >= 15 is 0 Å². The first-order valence-corrected chi connectivity index (χ1v) is 9.01. The van der Waals surface area contributed by atoms with Gasteiger partial charge in [0, 0.05) is 12.5 Å². The molecule has 0 aromatic heterocycles. The highest BCUT2D eigenvalue weighted by Crippen LogP contribution is 2.25. The Balaban J connectivity index is 2.88. The van der Waals surface area contributed by atoms with Gasteiger partial charge in [-0.25, -0.2) is 12.8 Å². The van der Waals surface area contributed by atoms with Crippen molar-refractivity contribution in [3.05, 3.63) is 35.6 Å². The van der Waals surface area contributed by atoms with E-state index in [0.29, 0.717) is 18.5 Å². The van der Waals surface area contributed by atoms with Crippen LogP contribution < -0.4 is 5.32 Å². The van der Waals surface area contributed by atoms with Crippen LogP contribution in [0.25, 0.3) is 0 Å². The molecule has 1 rings (SSSR count). The maximum Gasteiger partial charge on any atom is 0.155 e. The molecule has 0 heterocycles. The fourth-order valence-electron chi connectivity index (χ4n) is 2.10. The fraction of sp³-hybridized carbons (Fsp3) is 0.625. The molecule has 0 aliphatic carbocycles. The van der Waals surface area contributed by atoms with Gasteiger partial charge in [0.25, 0.3) is 0 Å². The van der Waals surface area contributed by atoms with Crippen LogP contribution in [0.2, 0.25) is 0 Å². The van der Waals surface area contributed by atoms with Crippen molar-refractivity contribution in [3.8, 4) is 0 Å². The Morgan fingerprint density at radius 1 is 1.24 bits per heavy atom. The van der Waals surface area contributed by atoms with Crippen molar-refractivity contribution < 1.29 is 12.8 Å². The zero-order valence-corrected chi connectivity index (χ0v) is 14.1. The Labute approximate surface area is 127 Å². The van der Waals surface area contributed by atoms with Gasteiger partial charge in [-0.15, -0.1) is 0 Å². The summed E-state index contributed by atoms with van der Waals surface area (Å²) in [6, 6.07) is 6.60. The minimum atomic E-state index is -3.19. The van der Waals surface area contributed by atoms with Crippen LogP contribution in [0.4, 0.5) is 4.39 Å². The van der Waals surface area contributed by atoms with E-state index in [4.69, 9.17) is 0 Å². The molecule has 0 amide bonds. The second kappa shape index (κ2) is 7.36. The van der Waals surface area contributed by atoms with Gasteiger partial charge >= 0.3 is 0 Å². The van der Waals surface area contributed by atoms with Crippen LogP contribution in [0.1, 0.15) is 45.6 Å². The topological polar surface area (TPSA) is 46.2 Å². The summed E-state index contributed by atoms with van der Waals surface area (Å²) in [6.45, 7) is 8.43. The molecule has 0 fully saturated rings. The Morgan fingerprint density at radius 2 is 1.86 bits per heavy atom. The van der Waals surface area contributed by atoms with E-state index in [9.17, 15) is 12.8 Å². The van der Waals surface area contributed by atoms with E-state index in [2.05, 4.69) is 5.32 Å². The lowest BCUT2D eigenvalue weighted by atomic mass is 9.96.